The minimum atomic E-state index is -2.88. The van der Waals surface area contributed by atoms with Crippen molar-refractivity contribution in [3.8, 4) is 11.4 Å². The smallest absolute Gasteiger partial charge is 0.338 e. The number of nitrogen functional groups attached to an aromatic ring is 1. The molecule has 0 saturated heterocycles. The van der Waals surface area contributed by atoms with E-state index in [0.717, 1.165) is 12.3 Å². The number of methoxy groups -OCH3 is 1. The highest BCUT2D eigenvalue weighted by molar-refractivity contribution is 5.91. The number of carbonyl (C=O) groups is 1. The quantitative estimate of drug-likeness (QED) is 0.659. The van der Waals surface area contributed by atoms with Crippen LogP contribution in [0.5, 0.6) is 0 Å². The van der Waals surface area contributed by atoms with Crippen LogP contribution in [-0.4, -0.2) is 32.8 Å². The molecular weight excluding hydrogens is 360 g/mol. The number of nitrogens with zero attached hydrogens (tertiary/aromatic N) is 3. The van der Waals surface area contributed by atoms with Crippen molar-refractivity contribution >= 4 is 11.9 Å². The summed E-state index contributed by atoms with van der Waals surface area (Å²) in [6, 6.07) is 7.74. The number of aromatic nitrogens is 4. The number of hydrogen-bond donors (Lipinski definition) is 2. The van der Waals surface area contributed by atoms with Gasteiger partial charge in [-0.1, -0.05) is 18.2 Å². The first-order chi connectivity index (χ1) is 12.9. The van der Waals surface area contributed by atoms with Crippen LogP contribution in [0.1, 0.15) is 28.0 Å². The summed E-state index contributed by atoms with van der Waals surface area (Å²) in [7, 11) is 1.25. The molecule has 0 unspecified atom stereocenters. The number of H-pyrrole nitrogens is 1. The third-order valence-corrected chi connectivity index (χ3v) is 3.81. The zero-order chi connectivity index (χ0) is 19.6. The number of aromatic amines is 1. The van der Waals surface area contributed by atoms with Gasteiger partial charge in [-0.25, -0.2) is 14.5 Å². The second-order valence-corrected chi connectivity index (χ2v) is 5.60. The van der Waals surface area contributed by atoms with E-state index in [1.807, 2.05) is 0 Å². The highest BCUT2D eigenvalue weighted by atomic mass is 19.3. The largest absolute Gasteiger partial charge is 0.465 e. The maximum atomic E-state index is 13.1. The lowest BCUT2D eigenvalue weighted by atomic mass is 9.99. The van der Waals surface area contributed by atoms with Crippen LogP contribution in [-0.2, 0) is 11.2 Å². The highest BCUT2D eigenvalue weighted by Gasteiger charge is 2.20. The van der Waals surface area contributed by atoms with Crippen LogP contribution < -0.4 is 11.3 Å². The summed E-state index contributed by atoms with van der Waals surface area (Å²) in [6.45, 7) is -2.88. The predicted molar refractivity (Wildman–Crippen MR) is 92.3 cm³/mol. The molecule has 2 aromatic heterocycles. The summed E-state index contributed by atoms with van der Waals surface area (Å²) >= 11 is 0. The lowest BCUT2D eigenvalue weighted by molar-refractivity contribution is 0.0566. The summed E-state index contributed by atoms with van der Waals surface area (Å²) in [5, 5.41) is 3.83. The van der Waals surface area contributed by atoms with Crippen molar-refractivity contribution < 1.29 is 18.3 Å². The van der Waals surface area contributed by atoms with Crippen molar-refractivity contribution in [3.63, 3.8) is 0 Å². The van der Waals surface area contributed by atoms with E-state index in [2.05, 4.69) is 15.1 Å². The Kier molecular flexibility index (Phi) is 4.97. The van der Waals surface area contributed by atoms with Crippen molar-refractivity contribution in [2.75, 3.05) is 12.8 Å². The first-order valence-corrected chi connectivity index (χ1v) is 7.78. The predicted octanol–water partition coefficient (Wildman–Crippen LogP) is 1.99. The van der Waals surface area contributed by atoms with Crippen LogP contribution in [0.25, 0.3) is 11.4 Å². The van der Waals surface area contributed by atoms with E-state index in [1.54, 1.807) is 24.3 Å². The minimum Gasteiger partial charge on any atom is -0.465 e. The van der Waals surface area contributed by atoms with Gasteiger partial charge in [0.1, 0.15) is 11.4 Å². The molecule has 1 aromatic carbocycles. The fourth-order valence-corrected chi connectivity index (χ4v) is 2.66. The average Bonchev–Trinajstić information content (AvgIpc) is 3.05. The number of carbonyl (C=O) groups excluding carboxylic acids is 1. The third-order valence-electron chi connectivity index (χ3n) is 3.81. The minimum absolute atomic E-state index is 0.0567. The van der Waals surface area contributed by atoms with Gasteiger partial charge in [-0.2, -0.15) is 13.9 Å². The molecule has 0 fully saturated rings. The molecule has 0 aliphatic rings. The van der Waals surface area contributed by atoms with E-state index in [0.29, 0.717) is 21.4 Å². The average molecular weight is 375 g/mol. The summed E-state index contributed by atoms with van der Waals surface area (Å²) in [5.74, 6) is -0.711. The Bertz CT molecular complexity index is 1050. The molecule has 0 aliphatic heterocycles. The van der Waals surface area contributed by atoms with Crippen LogP contribution in [0.2, 0.25) is 0 Å². The Hall–Kier alpha value is -3.56. The molecule has 0 saturated carbocycles. The van der Waals surface area contributed by atoms with Crippen LogP contribution in [0.4, 0.5) is 14.7 Å². The number of hydrogen-bond acceptors (Lipinski definition) is 6. The number of rotatable bonds is 5. The molecule has 0 bridgehead atoms. The molecule has 8 nitrogen and oxygen atoms in total. The molecule has 0 spiro atoms. The second-order valence-electron chi connectivity index (χ2n) is 5.60. The Morgan fingerprint density at radius 1 is 1.33 bits per heavy atom. The molecule has 0 atom stereocenters. The zero-order valence-electron chi connectivity index (χ0n) is 14.1. The Morgan fingerprint density at radius 2 is 2.07 bits per heavy atom. The van der Waals surface area contributed by atoms with E-state index in [-0.39, 0.29) is 23.8 Å². The fraction of sp³-hybridized carbons (Fsp3) is 0.176. The fourth-order valence-electron chi connectivity index (χ4n) is 2.66. The number of benzene rings is 1. The maximum absolute atomic E-state index is 13.1. The summed E-state index contributed by atoms with van der Waals surface area (Å²) < 4.78 is 31.5. The number of ether oxygens (including phenoxy) is 1. The molecule has 2 heterocycles. The molecular formula is C17H15F2N5O3. The van der Waals surface area contributed by atoms with Crippen molar-refractivity contribution in [1.82, 2.24) is 19.7 Å². The molecule has 27 heavy (non-hydrogen) atoms. The lowest BCUT2D eigenvalue weighted by Gasteiger charge is -2.08. The molecule has 10 heteroatoms. The lowest BCUT2D eigenvalue weighted by Crippen LogP contribution is -2.11. The van der Waals surface area contributed by atoms with Gasteiger partial charge >= 0.3 is 12.5 Å². The van der Waals surface area contributed by atoms with E-state index in [9.17, 15) is 18.4 Å². The number of anilines is 1. The van der Waals surface area contributed by atoms with Crippen molar-refractivity contribution in [2.24, 2.45) is 0 Å². The normalized spacial score (nSPS) is 11.0. The SMILES string of the molecule is COC(=O)c1ccccc1Cc1cn(C(F)F)nc1-c1cc(=O)[nH]c(N)n1. The van der Waals surface area contributed by atoms with E-state index in [1.165, 1.54) is 7.11 Å². The van der Waals surface area contributed by atoms with Crippen LogP contribution in [0.3, 0.4) is 0 Å². The Labute approximate surface area is 151 Å². The van der Waals surface area contributed by atoms with Gasteiger partial charge in [0, 0.05) is 24.2 Å². The highest BCUT2D eigenvalue weighted by Crippen LogP contribution is 2.26. The van der Waals surface area contributed by atoms with Gasteiger partial charge in [0.2, 0.25) is 5.95 Å². The van der Waals surface area contributed by atoms with Gasteiger partial charge in [-0.15, -0.1) is 0 Å². The van der Waals surface area contributed by atoms with Crippen molar-refractivity contribution in [1.29, 1.82) is 0 Å². The topological polar surface area (TPSA) is 116 Å². The van der Waals surface area contributed by atoms with Crippen molar-refractivity contribution in [2.45, 2.75) is 13.0 Å². The van der Waals surface area contributed by atoms with E-state index >= 15 is 0 Å². The third kappa shape index (κ3) is 3.84. The Balaban J connectivity index is 2.11. The van der Waals surface area contributed by atoms with Crippen LogP contribution >= 0.6 is 0 Å². The van der Waals surface area contributed by atoms with Crippen LogP contribution in [0, 0.1) is 0 Å². The first kappa shape index (κ1) is 18.2. The monoisotopic (exact) mass is 375 g/mol. The van der Waals surface area contributed by atoms with E-state index < -0.39 is 18.1 Å². The van der Waals surface area contributed by atoms with Gasteiger partial charge in [0.05, 0.1) is 12.7 Å². The molecule has 3 N–H and O–H groups in total. The second kappa shape index (κ2) is 7.36. The summed E-state index contributed by atoms with van der Waals surface area (Å²) in [5.41, 5.74) is 6.34. The molecule has 0 radical (unpaired) electrons. The molecule has 140 valence electrons. The van der Waals surface area contributed by atoms with Gasteiger partial charge in [0.15, 0.2) is 0 Å². The van der Waals surface area contributed by atoms with E-state index in [4.69, 9.17) is 10.5 Å². The first-order valence-electron chi connectivity index (χ1n) is 7.78. The van der Waals surface area contributed by atoms with Gasteiger partial charge in [0.25, 0.3) is 5.56 Å². The number of nitrogens with two attached hydrogens (primary N) is 1. The van der Waals surface area contributed by atoms with Crippen LogP contribution in [0.15, 0.2) is 41.3 Å². The van der Waals surface area contributed by atoms with Gasteiger partial charge < -0.3 is 10.5 Å². The number of alkyl halides is 2. The molecule has 0 aliphatic carbocycles. The standard InChI is InChI=1S/C17H15F2N5O3/c1-27-15(26)11-5-3-2-4-9(11)6-10-8-24(16(18)19)23-14(10)12-7-13(25)22-17(20)21-12/h2-5,7-8,16H,6H2,1H3,(H3,20,21,22,25). The maximum Gasteiger partial charge on any atom is 0.338 e. The van der Waals surface area contributed by atoms with Gasteiger partial charge in [-0.3, -0.25) is 9.78 Å². The van der Waals surface area contributed by atoms with Crippen molar-refractivity contribution in [3.05, 3.63) is 63.6 Å². The number of esters is 1. The Morgan fingerprint density at radius 3 is 2.74 bits per heavy atom. The molecule has 3 rings (SSSR count). The molecule has 0 amide bonds. The molecule has 3 aromatic rings. The van der Waals surface area contributed by atoms with Gasteiger partial charge in [-0.05, 0) is 11.6 Å². The number of halogens is 2. The number of nitrogens with one attached hydrogen (secondary N) is 1. The summed E-state index contributed by atoms with van der Waals surface area (Å²) in [4.78, 5) is 29.8. The zero-order valence-corrected chi connectivity index (χ0v) is 14.1. The summed E-state index contributed by atoms with van der Waals surface area (Å²) in [6.07, 6.45) is 1.24.